The SMILES string of the molecule is COc1cccc(CC2CCCCC2N)c1F. The Morgan fingerprint density at radius 3 is 2.82 bits per heavy atom. The third-order valence-corrected chi connectivity index (χ3v) is 3.71. The number of ether oxygens (including phenoxy) is 1. The largest absolute Gasteiger partial charge is 0.494 e. The molecule has 1 fully saturated rings. The van der Waals surface area contributed by atoms with Crippen LogP contribution >= 0.6 is 0 Å². The average molecular weight is 237 g/mol. The van der Waals surface area contributed by atoms with Gasteiger partial charge in [0.1, 0.15) is 0 Å². The van der Waals surface area contributed by atoms with E-state index in [4.69, 9.17) is 10.5 Å². The predicted molar refractivity (Wildman–Crippen MR) is 66.6 cm³/mol. The number of nitrogens with two attached hydrogens (primary N) is 1. The minimum Gasteiger partial charge on any atom is -0.494 e. The van der Waals surface area contributed by atoms with Gasteiger partial charge in [0.25, 0.3) is 0 Å². The number of methoxy groups -OCH3 is 1. The van der Waals surface area contributed by atoms with E-state index in [0.29, 0.717) is 11.7 Å². The summed E-state index contributed by atoms with van der Waals surface area (Å²) in [5, 5.41) is 0. The molecule has 0 amide bonds. The van der Waals surface area contributed by atoms with Crippen molar-refractivity contribution in [3.63, 3.8) is 0 Å². The highest BCUT2D eigenvalue weighted by Crippen LogP contribution is 2.29. The van der Waals surface area contributed by atoms with Gasteiger partial charge in [-0.2, -0.15) is 0 Å². The zero-order chi connectivity index (χ0) is 12.3. The molecule has 3 heteroatoms. The van der Waals surface area contributed by atoms with Crippen molar-refractivity contribution in [1.82, 2.24) is 0 Å². The zero-order valence-corrected chi connectivity index (χ0v) is 10.3. The topological polar surface area (TPSA) is 35.2 Å². The molecule has 2 rings (SSSR count). The fourth-order valence-electron chi connectivity index (χ4n) is 2.64. The Morgan fingerprint density at radius 2 is 2.12 bits per heavy atom. The van der Waals surface area contributed by atoms with Crippen molar-refractivity contribution in [3.05, 3.63) is 29.6 Å². The van der Waals surface area contributed by atoms with E-state index in [1.54, 1.807) is 6.07 Å². The first kappa shape index (κ1) is 12.4. The number of rotatable bonds is 3. The summed E-state index contributed by atoms with van der Waals surface area (Å²) in [5.41, 5.74) is 6.82. The lowest BCUT2D eigenvalue weighted by atomic mass is 9.81. The maximum Gasteiger partial charge on any atom is 0.168 e. The van der Waals surface area contributed by atoms with E-state index in [9.17, 15) is 4.39 Å². The first-order valence-electron chi connectivity index (χ1n) is 6.29. The summed E-state index contributed by atoms with van der Waals surface area (Å²) >= 11 is 0. The van der Waals surface area contributed by atoms with Crippen molar-refractivity contribution in [2.75, 3.05) is 7.11 Å². The normalized spacial score (nSPS) is 24.6. The molecule has 0 radical (unpaired) electrons. The molecule has 0 heterocycles. The quantitative estimate of drug-likeness (QED) is 0.877. The highest BCUT2D eigenvalue weighted by atomic mass is 19.1. The van der Waals surface area contributed by atoms with Gasteiger partial charge in [0.05, 0.1) is 7.11 Å². The molecular weight excluding hydrogens is 217 g/mol. The highest BCUT2D eigenvalue weighted by molar-refractivity contribution is 5.31. The standard InChI is InChI=1S/C14H20FNO/c1-17-13-8-4-6-11(14(13)15)9-10-5-2-3-7-12(10)16/h4,6,8,10,12H,2-3,5,7,9,16H2,1H3. The first-order valence-corrected chi connectivity index (χ1v) is 6.29. The summed E-state index contributed by atoms with van der Waals surface area (Å²) in [6, 6.07) is 5.54. The summed E-state index contributed by atoms with van der Waals surface area (Å²) in [7, 11) is 1.49. The minimum absolute atomic E-state index is 0.217. The highest BCUT2D eigenvalue weighted by Gasteiger charge is 2.23. The molecule has 2 atom stereocenters. The van der Waals surface area contributed by atoms with Gasteiger partial charge in [0, 0.05) is 6.04 Å². The van der Waals surface area contributed by atoms with Gasteiger partial charge in [-0.15, -0.1) is 0 Å². The van der Waals surface area contributed by atoms with Crippen LogP contribution in [-0.2, 0) is 6.42 Å². The maximum atomic E-state index is 14.0. The van der Waals surface area contributed by atoms with Crippen molar-refractivity contribution in [1.29, 1.82) is 0 Å². The Morgan fingerprint density at radius 1 is 1.35 bits per heavy atom. The van der Waals surface area contributed by atoms with Gasteiger partial charge < -0.3 is 10.5 Å². The smallest absolute Gasteiger partial charge is 0.168 e. The van der Waals surface area contributed by atoms with E-state index in [2.05, 4.69) is 0 Å². The van der Waals surface area contributed by atoms with Crippen molar-refractivity contribution < 1.29 is 9.13 Å². The second-order valence-electron chi connectivity index (χ2n) is 4.85. The zero-order valence-electron chi connectivity index (χ0n) is 10.3. The molecule has 0 aliphatic heterocycles. The fraction of sp³-hybridized carbons (Fsp3) is 0.571. The molecule has 2 nitrogen and oxygen atoms in total. The lowest BCUT2D eigenvalue weighted by Crippen LogP contribution is -2.34. The van der Waals surface area contributed by atoms with Crippen molar-refractivity contribution in [2.45, 2.75) is 38.1 Å². The van der Waals surface area contributed by atoms with Crippen LogP contribution < -0.4 is 10.5 Å². The lowest BCUT2D eigenvalue weighted by molar-refractivity contribution is 0.302. The Labute approximate surface area is 102 Å². The van der Waals surface area contributed by atoms with E-state index in [0.717, 1.165) is 24.8 Å². The molecule has 0 spiro atoms. The van der Waals surface area contributed by atoms with Gasteiger partial charge in [0.2, 0.25) is 0 Å². The van der Waals surface area contributed by atoms with Gasteiger partial charge in [-0.25, -0.2) is 4.39 Å². The van der Waals surface area contributed by atoms with Gasteiger partial charge in [0.15, 0.2) is 11.6 Å². The van der Waals surface area contributed by atoms with Crippen LogP contribution in [0.2, 0.25) is 0 Å². The molecule has 2 N–H and O–H groups in total. The molecule has 0 saturated heterocycles. The predicted octanol–water partition coefficient (Wildman–Crippen LogP) is 2.89. The van der Waals surface area contributed by atoms with Crippen LogP contribution in [0.5, 0.6) is 5.75 Å². The van der Waals surface area contributed by atoms with Gasteiger partial charge in [-0.3, -0.25) is 0 Å². The molecule has 2 unspecified atom stereocenters. The van der Waals surface area contributed by atoms with Crippen LogP contribution in [-0.4, -0.2) is 13.2 Å². The van der Waals surface area contributed by atoms with Gasteiger partial charge >= 0.3 is 0 Å². The number of benzene rings is 1. The molecular formula is C14H20FNO. The van der Waals surface area contributed by atoms with Crippen LogP contribution in [0.25, 0.3) is 0 Å². The Bertz CT molecular complexity index is 380. The van der Waals surface area contributed by atoms with E-state index < -0.39 is 0 Å². The number of halogens is 1. The van der Waals surface area contributed by atoms with Crippen LogP contribution in [0.15, 0.2) is 18.2 Å². The van der Waals surface area contributed by atoms with Crippen molar-refractivity contribution >= 4 is 0 Å². The van der Waals surface area contributed by atoms with Crippen LogP contribution in [0.3, 0.4) is 0 Å². The van der Waals surface area contributed by atoms with Crippen molar-refractivity contribution in [3.8, 4) is 5.75 Å². The van der Waals surface area contributed by atoms with Crippen LogP contribution in [0.1, 0.15) is 31.2 Å². The summed E-state index contributed by atoms with van der Waals surface area (Å²) in [5.74, 6) is 0.505. The maximum absolute atomic E-state index is 14.0. The van der Waals surface area contributed by atoms with E-state index in [1.807, 2.05) is 12.1 Å². The van der Waals surface area contributed by atoms with Gasteiger partial charge in [-0.1, -0.05) is 25.0 Å². The number of hydrogen-bond acceptors (Lipinski definition) is 2. The van der Waals surface area contributed by atoms with E-state index >= 15 is 0 Å². The summed E-state index contributed by atoms with van der Waals surface area (Å²) in [6.45, 7) is 0. The molecule has 1 aromatic carbocycles. The van der Waals surface area contributed by atoms with E-state index in [-0.39, 0.29) is 11.9 Å². The molecule has 94 valence electrons. The second-order valence-corrected chi connectivity index (χ2v) is 4.85. The molecule has 0 bridgehead atoms. The molecule has 17 heavy (non-hydrogen) atoms. The molecule has 1 aliphatic rings. The summed E-state index contributed by atoms with van der Waals surface area (Å²) in [6.07, 6.45) is 5.32. The molecule has 0 aromatic heterocycles. The third-order valence-electron chi connectivity index (χ3n) is 3.71. The Hall–Kier alpha value is -1.09. The third kappa shape index (κ3) is 2.78. The lowest BCUT2D eigenvalue weighted by Gasteiger charge is -2.28. The average Bonchev–Trinajstić information content (AvgIpc) is 2.34. The molecule has 1 saturated carbocycles. The fourth-order valence-corrected chi connectivity index (χ4v) is 2.64. The number of hydrogen-bond donors (Lipinski definition) is 1. The second kappa shape index (κ2) is 5.50. The minimum atomic E-state index is -0.229. The molecule has 1 aromatic rings. The van der Waals surface area contributed by atoms with Gasteiger partial charge in [-0.05, 0) is 36.8 Å². The van der Waals surface area contributed by atoms with Crippen LogP contribution in [0.4, 0.5) is 4.39 Å². The van der Waals surface area contributed by atoms with Crippen molar-refractivity contribution in [2.24, 2.45) is 11.7 Å². The molecule has 1 aliphatic carbocycles. The monoisotopic (exact) mass is 237 g/mol. The Kier molecular flexibility index (Phi) is 4.00. The summed E-state index contributed by atoms with van der Waals surface area (Å²) < 4.78 is 19.0. The van der Waals surface area contributed by atoms with Crippen LogP contribution in [0, 0.1) is 11.7 Å². The first-order chi connectivity index (χ1) is 8.22. The van der Waals surface area contributed by atoms with E-state index in [1.165, 1.54) is 20.0 Å². The Balaban J connectivity index is 2.12. The summed E-state index contributed by atoms with van der Waals surface area (Å²) in [4.78, 5) is 0.